The molecule has 1 fully saturated rings. The molecule has 0 bridgehead atoms. The Morgan fingerprint density at radius 2 is 1.20 bits per heavy atom. The van der Waals surface area contributed by atoms with Crippen LogP contribution in [0.2, 0.25) is 0 Å². The van der Waals surface area contributed by atoms with E-state index >= 15 is 0 Å². The summed E-state index contributed by atoms with van der Waals surface area (Å²) in [6.07, 6.45) is 0. The van der Waals surface area contributed by atoms with E-state index in [1.54, 1.807) is 0 Å². The van der Waals surface area contributed by atoms with E-state index in [1.165, 1.54) is 0 Å². The number of morpholine rings is 1. The zero-order chi connectivity index (χ0) is 17.4. The van der Waals surface area contributed by atoms with E-state index in [0.29, 0.717) is 0 Å². The van der Waals surface area contributed by atoms with Crippen molar-refractivity contribution in [2.45, 2.75) is 6.92 Å². The molecule has 0 spiro atoms. The molecule has 0 aromatic carbocycles. The normalized spacial score (nSPS) is 10.9. The summed E-state index contributed by atoms with van der Waals surface area (Å²) >= 11 is 2.91. The van der Waals surface area contributed by atoms with Crippen LogP contribution in [-0.2, 0) is 43.8 Å². The van der Waals surface area contributed by atoms with Gasteiger partial charge in [-0.15, -0.1) is 0 Å². The predicted molar refractivity (Wildman–Crippen MR) is 55.9 cm³/mol. The monoisotopic (exact) mass is 320 g/mol. The van der Waals surface area contributed by atoms with E-state index in [4.69, 9.17) is 28.0 Å². The van der Waals surface area contributed by atoms with Crippen molar-refractivity contribution in [1.82, 2.24) is 10.4 Å². The van der Waals surface area contributed by atoms with Gasteiger partial charge in [0.25, 0.3) is 0 Å². The van der Waals surface area contributed by atoms with E-state index in [2.05, 4.69) is 59.5 Å². The average Bonchev–Trinajstić information content (AvgIpc) is 2.57. The van der Waals surface area contributed by atoms with Crippen molar-refractivity contribution in [1.29, 1.82) is 0 Å². The fourth-order valence-electron chi connectivity index (χ4n) is 0.898. The molecular formula is C11H12CrN2O6. The van der Waals surface area contributed by atoms with Crippen LogP contribution in [-0.4, -0.2) is 35.8 Å². The summed E-state index contributed by atoms with van der Waals surface area (Å²) in [4.78, 5) is 0. The van der Waals surface area contributed by atoms with Gasteiger partial charge in [0.05, 0.1) is 0 Å². The molecule has 1 aliphatic heterocycles. The van der Waals surface area contributed by atoms with Crippen LogP contribution < -0.4 is 5.43 Å². The van der Waals surface area contributed by atoms with Crippen molar-refractivity contribution in [2.75, 3.05) is 26.3 Å². The number of rotatable bonds is 2. The SMILES string of the molecule is C[C](=[Cr])NN1CCOCC1.[C-]#[O+].[C-]#[O+].[C-]#[O+].[C-]#[O+].[C-]#[O+]. The summed E-state index contributed by atoms with van der Waals surface area (Å²) in [6, 6.07) is 0. The molecule has 0 radical (unpaired) electrons. The molecule has 0 aliphatic carbocycles. The predicted octanol–water partition coefficient (Wildman–Crippen LogP) is -0.668. The van der Waals surface area contributed by atoms with E-state index < -0.39 is 0 Å². The van der Waals surface area contributed by atoms with E-state index in [0.717, 1.165) is 30.8 Å². The van der Waals surface area contributed by atoms with Crippen molar-refractivity contribution < 1.29 is 43.8 Å². The van der Waals surface area contributed by atoms with E-state index in [-0.39, 0.29) is 0 Å². The first-order valence-corrected chi connectivity index (χ1v) is 5.05. The van der Waals surface area contributed by atoms with Gasteiger partial charge < -0.3 is 0 Å². The Bertz CT molecular complexity index is 257. The summed E-state index contributed by atoms with van der Waals surface area (Å²) in [6.45, 7) is 28.1. The number of hydrazine groups is 1. The maximum atomic E-state index is 7.50. The fraction of sp³-hybridized carbons (Fsp3) is 0.455. The molecule has 0 amide bonds. The topological polar surface area (TPSA) is 124 Å². The molecule has 0 saturated carbocycles. The number of hydrogen-bond donors (Lipinski definition) is 1. The van der Waals surface area contributed by atoms with E-state index in [1.807, 2.05) is 6.92 Å². The van der Waals surface area contributed by atoms with Gasteiger partial charge in [0, 0.05) is 0 Å². The Morgan fingerprint density at radius 3 is 1.45 bits per heavy atom. The molecule has 9 heteroatoms. The number of nitrogens with one attached hydrogen (secondary N) is 1. The standard InChI is InChI=1S/C6H12N2O.5CO.Cr/c1-2-7-8-3-5-9-6-4-8;5*1-2;/h7H,3-6H2,1H3;;;;;;. The first kappa shape index (κ1) is 31.4. The maximum absolute atomic E-state index is 7.50. The molecule has 1 aliphatic rings. The van der Waals surface area contributed by atoms with Crippen LogP contribution in [0.5, 0.6) is 0 Å². The van der Waals surface area contributed by atoms with Crippen molar-refractivity contribution in [2.24, 2.45) is 0 Å². The van der Waals surface area contributed by atoms with Gasteiger partial charge >= 0.3 is 125 Å². The van der Waals surface area contributed by atoms with Crippen LogP contribution in [0.25, 0.3) is 0 Å². The molecule has 1 saturated heterocycles. The van der Waals surface area contributed by atoms with Crippen LogP contribution in [0.4, 0.5) is 0 Å². The molecule has 1 rings (SSSR count). The third-order valence-corrected chi connectivity index (χ3v) is 1.47. The Hall–Kier alpha value is -1.02. The quantitative estimate of drug-likeness (QED) is 0.536. The molecule has 1 N–H and O–H groups in total. The van der Waals surface area contributed by atoms with Crippen LogP contribution >= 0.6 is 0 Å². The summed E-state index contributed by atoms with van der Waals surface area (Å²) in [5.41, 5.74) is 3.20. The van der Waals surface area contributed by atoms with Crippen LogP contribution in [0.3, 0.4) is 0 Å². The summed E-state index contributed by atoms with van der Waals surface area (Å²) in [5, 5.41) is 2.15. The molecular weight excluding hydrogens is 308 g/mol. The first-order valence-electron chi connectivity index (χ1n) is 4.41. The van der Waals surface area contributed by atoms with Crippen LogP contribution in [0, 0.1) is 33.3 Å². The van der Waals surface area contributed by atoms with Crippen molar-refractivity contribution in [3.63, 3.8) is 0 Å². The Balaban J connectivity index is -0.0000000639. The summed E-state index contributed by atoms with van der Waals surface area (Å²) < 4.78 is 43.8. The fourth-order valence-corrected chi connectivity index (χ4v) is 1.10. The van der Waals surface area contributed by atoms with Crippen LogP contribution in [0.1, 0.15) is 6.92 Å². The van der Waals surface area contributed by atoms with Crippen molar-refractivity contribution in [3.8, 4) is 0 Å². The van der Waals surface area contributed by atoms with E-state index in [9.17, 15) is 0 Å². The molecule has 108 valence electrons. The second kappa shape index (κ2) is 43.0. The second-order valence-electron chi connectivity index (χ2n) is 2.27. The molecule has 20 heavy (non-hydrogen) atoms. The molecule has 0 aromatic heterocycles. The summed E-state index contributed by atoms with van der Waals surface area (Å²) in [5.74, 6) is 0. The number of ether oxygens (including phenoxy) is 1. The molecule has 8 nitrogen and oxygen atoms in total. The zero-order valence-corrected chi connectivity index (χ0v) is 11.9. The van der Waals surface area contributed by atoms with Gasteiger partial charge in [-0.05, 0) is 0 Å². The Morgan fingerprint density at radius 1 is 0.900 bits per heavy atom. The van der Waals surface area contributed by atoms with Gasteiger partial charge in [-0.25, -0.2) is 0 Å². The third kappa shape index (κ3) is 36.0. The van der Waals surface area contributed by atoms with Gasteiger partial charge in [0.15, 0.2) is 0 Å². The first-order chi connectivity index (χ1) is 9.79. The number of nitrogens with zero attached hydrogens (tertiary/aromatic N) is 1. The molecule has 0 unspecified atom stereocenters. The minimum atomic E-state index is 0.834. The third-order valence-electron chi connectivity index (χ3n) is 1.33. The van der Waals surface area contributed by atoms with Crippen LogP contribution in [0.15, 0.2) is 0 Å². The zero-order valence-electron chi connectivity index (χ0n) is 10.6. The van der Waals surface area contributed by atoms with Gasteiger partial charge in [-0.1, -0.05) is 0 Å². The molecule has 0 atom stereocenters. The minimum absolute atomic E-state index is 0.834. The average molecular weight is 320 g/mol. The van der Waals surface area contributed by atoms with Crippen molar-refractivity contribution >= 4 is 4.50 Å². The summed E-state index contributed by atoms with van der Waals surface area (Å²) in [7, 11) is 0. The van der Waals surface area contributed by atoms with Gasteiger partial charge in [0.1, 0.15) is 0 Å². The van der Waals surface area contributed by atoms with Gasteiger partial charge in [-0.3, -0.25) is 0 Å². The van der Waals surface area contributed by atoms with Gasteiger partial charge in [-0.2, -0.15) is 0 Å². The molecule has 1 heterocycles. The molecule has 0 aromatic rings. The van der Waals surface area contributed by atoms with Gasteiger partial charge in [0.2, 0.25) is 0 Å². The Kier molecular flexibility index (Phi) is 67.5. The number of hydrogen-bond acceptors (Lipinski definition) is 3. The second-order valence-corrected chi connectivity index (χ2v) is 3.22. The Labute approximate surface area is 126 Å². The van der Waals surface area contributed by atoms with Crippen molar-refractivity contribution in [3.05, 3.63) is 33.3 Å².